The minimum atomic E-state index is -0.314. The zero-order valence-corrected chi connectivity index (χ0v) is 15.5. The first kappa shape index (κ1) is 17.9. The van der Waals surface area contributed by atoms with E-state index in [0.29, 0.717) is 25.0 Å². The summed E-state index contributed by atoms with van der Waals surface area (Å²) in [6.07, 6.45) is 8.24. The number of fused-ring (bicyclic) bond motifs is 5. The molecule has 0 radical (unpaired) electrons. The van der Waals surface area contributed by atoms with Crippen molar-refractivity contribution >= 4 is 6.29 Å². The Morgan fingerprint density at radius 3 is 2.81 bits per heavy atom. The third-order valence-electron chi connectivity index (χ3n) is 6.37. The summed E-state index contributed by atoms with van der Waals surface area (Å²) in [6, 6.07) is 1.87. The zero-order chi connectivity index (χ0) is 18.1. The van der Waals surface area contributed by atoms with Crippen molar-refractivity contribution in [3.05, 3.63) is 23.4 Å². The molecule has 2 bridgehead atoms. The summed E-state index contributed by atoms with van der Waals surface area (Å²) in [5, 5.41) is 0. The first-order valence-corrected chi connectivity index (χ1v) is 9.84. The predicted octanol–water partition coefficient (Wildman–Crippen LogP) is 1.79. The van der Waals surface area contributed by atoms with Gasteiger partial charge in [0.1, 0.15) is 18.9 Å². The highest BCUT2D eigenvalue weighted by Gasteiger charge is 2.38. The van der Waals surface area contributed by atoms with E-state index in [0.717, 1.165) is 44.9 Å². The van der Waals surface area contributed by atoms with E-state index in [2.05, 4.69) is 22.9 Å². The quantitative estimate of drug-likeness (QED) is 0.771. The number of pyridine rings is 1. The van der Waals surface area contributed by atoms with Crippen LogP contribution in [0.3, 0.4) is 0 Å². The summed E-state index contributed by atoms with van der Waals surface area (Å²) >= 11 is 0. The van der Waals surface area contributed by atoms with E-state index < -0.39 is 0 Å². The first-order valence-electron chi connectivity index (χ1n) is 9.84. The molecule has 5 rings (SSSR count). The van der Waals surface area contributed by atoms with Crippen LogP contribution < -0.4 is 10.5 Å². The van der Waals surface area contributed by atoms with Crippen molar-refractivity contribution in [3.8, 4) is 5.88 Å². The molecule has 0 amide bonds. The number of aldehydes is 1. The van der Waals surface area contributed by atoms with E-state index >= 15 is 0 Å². The summed E-state index contributed by atoms with van der Waals surface area (Å²) in [4.78, 5) is 18.5. The Bertz CT molecular complexity index is 645. The van der Waals surface area contributed by atoms with Gasteiger partial charge in [-0.15, -0.1) is 0 Å². The smallest absolute Gasteiger partial charge is 0.217 e. The zero-order valence-electron chi connectivity index (χ0n) is 15.5. The first-order chi connectivity index (χ1) is 12.7. The Morgan fingerprint density at radius 1 is 1.23 bits per heavy atom. The molecule has 2 N–H and O–H groups in total. The van der Waals surface area contributed by atoms with Crippen LogP contribution in [0.4, 0.5) is 0 Å². The molecule has 1 aliphatic carbocycles. The molecular formula is C20H29N3O3. The third kappa shape index (κ3) is 3.38. The van der Waals surface area contributed by atoms with Crippen molar-refractivity contribution in [3.63, 3.8) is 0 Å². The van der Waals surface area contributed by atoms with Crippen LogP contribution >= 0.6 is 0 Å². The number of nitrogens with zero attached hydrogens (tertiary/aromatic N) is 2. The van der Waals surface area contributed by atoms with Crippen molar-refractivity contribution < 1.29 is 14.3 Å². The normalized spacial score (nSPS) is 35.4. The standard InChI is InChI=1S/C20H29N3O3/c1-13-6-8-22-20-19(13)14-2-4-16(5-3-14)25-12-18-17(21)7-9-23(18)15(10-24)11-26-20/h6,8,10,14-18H,2-5,7,9,11-12,21H2,1H3/t14?,15?,16?,17-,18-/m0/s1. The van der Waals surface area contributed by atoms with Crippen LogP contribution in [0, 0.1) is 6.92 Å². The molecule has 1 saturated carbocycles. The molecule has 1 aromatic heterocycles. The van der Waals surface area contributed by atoms with Crippen LogP contribution in [-0.4, -0.2) is 60.2 Å². The van der Waals surface area contributed by atoms with E-state index in [4.69, 9.17) is 15.2 Å². The fourth-order valence-electron chi connectivity index (χ4n) is 4.82. The van der Waals surface area contributed by atoms with Gasteiger partial charge < -0.3 is 20.0 Å². The monoisotopic (exact) mass is 359 g/mol. The number of nitrogens with two attached hydrogens (primary N) is 1. The van der Waals surface area contributed by atoms with Gasteiger partial charge in [0.15, 0.2) is 0 Å². The highest BCUT2D eigenvalue weighted by molar-refractivity contribution is 5.58. The highest BCUT2D eigenvalue weighted by atomic mass is 16.5. The predicted molar refractivity (Wildman–Crippen MR) is 98.4 cm³/mol. The second-order valence-electron chi connectivity index (χ2n) is 7.93. The van der Waals surface area contributed by atoms with Crippen LogP contribution in [0.25, 0.3) is 0 Å². The Kier molecular flexibility index (Phi) is 5.25. The Labute approximate surface area is 155 Å². The van der Waals surface area contributed by atoms with E-state index in [1.54, 1.807) is 6.20 Å². The fourth-order valence-corrected chi connectivity index (χ4v) is 4.82. The lowest BCUT2D eigenvalue weighted by atomic mass is 9.81. The number of hydrogen-bond acceptors (Lipinski definition) is 6. The minimum Gasteiger partial charge on any atom is -0.475 e. The second kappa shape index (κ2) is 7.62. The molecule has 4 heterocycles. The molecule has 6 heteroatoms. The topological polar surface area (TPSA) is 77.7 Å². The van der Waals surface area contributed by atoms with Gasteiger partial charge in [0.25, 0.3) is 0 Å². The summed E-state index contributed by atoms with van der Waals surface area (Å²) in [5.74, 6) is 1.15. The molecule has 0 spiro atoms. The Hall–Kier alpha value is -1.50. The number of rotatable bonds is 1. The number of hydrogen-bond donors (Lipinski definition) is 1. The maximum Gasteiger partial charge on any atom is 0.217 e. The lowest BCUT2D eigenvalue weighted by Crippen LogP contribution is -2.50. The largest absolute Gasteiger partial charge is 0.475 e. The summed E-state index contributed by atoms with van der Waals surface area (Å²) < 4.78 is 12.4. The van der Waals surface area contributed by atoms with Crippen LogP contribution in [0.2, 0.25) is 0 Å². The maximum atomic E-state index is 11.8. The van der Waals surface area contributed by atoms with Gasteiger partial charge in [0.05, 0.1) is 12.7 Å². The highest BCUT2D eigenvalue weighted by Crippen LogP contribution is 2.39. The summed E-state index contributed by atoms with van der Waals surface area (Å²) in [5.41, 5.74) is 8.75. The van der Waals surface area contributed by atoms with Crippen LogP contribution in [-0.2, 0) is 9.53 Å². The molecule has 26 heavy (non-hydrogen) atoms. The SMILES string of the molecule is Cc1ccnc2c1C1CCC(CC1)OC[C@H]1[C@@H](N)CCN1C(C=O)CO2. The van der Waals surface area contributed by atoms with Crippen LogP contribution in [0.15, 0.2) is 12.3 Å². The number of carbonyl (C=O) groups is 1. The maximum absolute atomic E-state index is 11.8. The number of ether oxygens (including phenoxy) is 2. The van der Waals surface area contributed by atoms with Crippen molar-refractivity contribution in [2.45, 2.75) is 69.2 Å². The Balaban J connectivity index is 1.66. The van der Waals surface area contributed by atoms with Crippen LogP contribution in [0.1, 0.15) is 49.1 Å². The molecule has 4 aliphatic rings. The lowest BCUT2D eigenvalue weighted by Gasteiger charge is -2.33. The second-order valence-corrected chi connectivity index (χ2v) is 7.93. The molecule has 0 aromatic carbocycles. The molecule has 1 aromatic rings. The van der Waals surface area contributed by atoms with Crippen molar-refractivity contribution in [2.24, 2.45) is 5.73 Å². The Morgan fingerprint density at radius 2 is 2.04 bits per heavy atom. The van der Waals surface area contributed by atoms with Gasteiger partial charge >= 0.3 is 0 Å². The van der Waals surface area contributed by atoms with Gasteiger partial charge in [0.2, 0.25) is 5.88 Å². The molecule has 2 fully saturated rings. The van der Waals surface area contributed by atoms with Gasteiger partial charge in [-0.3, -0.25) is 4.90 Å². The van der Waals surface area contributed by atoms with Crippen LogP contribution in [0.5, 0.6) is 5.88 Å². The van der Waals surface area contributed by atoms with Gasteiger partial charge in [-0.25, -0.2) is 4.98 Å². The van der Waals surface area contributed by atoms with E-state index in [1.807, 2.05) is 0 Å². The minimum absolute atomic E-state index is 0.0478. The van der Waals surface area contributed by atoms with Crippen molar-refractivity contribution in [1.82, 2.24) is 9.88 Å². The van der Waals surface area contributed by atoms with Gasteiger partial charge in [-0.1, -0.05) is 0 Å². The molecular weight excluding hydrogens is 330 g/mol. The van der Waals surface area contributed by atoms with E-state index in [9.17, 15) is 4.79 Å². The third-order valence-corrected chi connectivity index (χ3v) is 6.37. The number of aromatic nitrogens is 1. The van der Waals surface area contributed by atoms with E-state index in [-0.39, 0.29) is 24.2 Å². The average molecular weight is 359 g/mol. The average Bonchev–Trinajstić information content (AvgIpc) is 3.02. The molecule has 1 unspecified atom stereocenters. The molecule has 3 aliphatic heterocycles. The van der Waals surface area contributed by atoms with Crippen molar-refractivity contribution in [1.29, 1.82) is 0 Å². The van der Waals surface area contributed by atoms with E-state index in [1.165, 1.54) is 11.1 Å². The summed E-state index contributed by atoms with van der Waals surface area (Å²) in [6.45, 7) is 3.85. The van der Waals surface area contributed by atoms with Gasteiger partial charge in [-0.05, 0) is 56.6 Å². The fraction of sp³-hybridized carbons (Fsp3) is 0.700. The molecule has 142 valence electrons. The number of aryl methyl sites for hydroxylation is 1. The molecule has 3 atom stereocenters. The van der Waals surface area contributed by atoms with Gasteiger partial charge in [-0.2, -0.15) is 0 Å². The molecule has 6 nitrogen and oxygen atoms in total. The molecule has 1 saturated heterocycles. The number of carbonyl (C=O) groups excluding carboxylic acids is 1. The van der Waals surface area contributed by atoms with Gasteiger partial charge in [0, 0.05) is 30.4 Å². The summed E-state index contributed by atoms with van der Waals surface area (Å²) in [7, 11) is 0. The van der Waals surface area contributed by atoms with Crippen molar-refractivity contribution in [2.75, 3.05) is 19.8 Å². The lowest BCUT2D eigenvalue weighted by molar-refractivity contribution is -0.114.